The van der Waals surface area contributed by atoms with E-state index in [4.69, 9.17) is 4.42 Å². The third kappa shape index (κ3) is 2.28. The predicted octanol–water partition coefficient (Wildman–Crippen LogP) is 3.57. The molecule has 0 fully saturated rings. The number of thioether (sulfide) groups is 1. The number of hydrogen-bond acceptors (Lipinski definition) is 5. The minimum atomic E-state index is 0.499. The summed E-state index contributed by atoms with van der Waals surface area (Å²) in [5.74, 6) is 1.40. The van der Waals surface area contributed by atoms with Crippen molar-refractivity contribution in [2.75, 3.05) is 5.75 Å². The fourth-order valence-corrected chi connectivity index (χ4v) is 2.70. The monoisotopic (exact) mass is 338 g/mol. The van der Waals surface area contributed by atoms with Gasteiger partial charge in [0, 0.05) is 10.7 Å². The number of nitrogens with zero attached hydrogens (tertiary/aromatic N) is 4. The Hall–Kier alpha value is -1.34. The highest BCUT2D eigenvalue weighted by Gasteiger charge is 2.17. The van der Waals surface area contributed by atoms with Crippen LogP contribution in [0.2, 0.25) is 0 Å². The molecule has 0 unspecified atom stereocenters. The van der Waals surface area contributed by atoms with Crippen LogP contribution in [0.3, 0.4) is 0 Å². The summed E-state index contributed by atoms with van der Waals surface area (Å²) in [4.78, 5) is 4.49. The van der Waals surface area contributed by atoms with E-state index in [2.05, 4.69) is 31.1 Å². The second-order valence-corrected chi connectivity index (χ2v) is 6.06. The number of pyridine rings is 1. The largest absolute Gasteiger partial charge is 0.410 e. The number of hydrogen-bond donors (Lipinski definition) is 0. The summed E-state index contributed by atoms with van der Waals surface area (Å²) in [5.41, 5.74) is 2.57. The van der Waals surface area contributed by atoms with Crippen LogP contribution >= 0.6 is 27.7 Å². The minimum absolute atomic E-state index is 0.499. The van der Waals surface area contributed by atoms with E-state index in [-0.39, 0.29) is 0 Å². The van der Waals surface area contributed by atoms with Crippen molar-refractivity contribution in [3.05, 3.63) is 28.5 Å². The summed E-state index contributed by atoms with van der Waals surface area (Å²) in [6.45, 7) is 3.98. The lowest BCUT2D eigenvalue weighted by atomic mass is 10.3. The highest BCUT2D eigenvalue weighted by Crippen LogP contribution is 2.27. The van der Waals surface area contributed by atoms with Gasteiger partial charge in [-0.2, -0.15) is 0 Å². The molecule has 0 spiro atoms. The molecule has 5 nitrogen and oxygen atoms in total. The summed E-state index contributed by atoms with van der Waals surface area (Å²) in [5, 5.41) is 8.72. The quantitative estimate of drug-likeness (QED) is 0.683. The van der Waals surface area contributed by atoms with Gasteiger partial charge in [0.2, 0.25) is 0 Å². The van der Waals surface area contributed by atoms with Crippen LogP contribution in [0.15, 0.2) is 32.4 Å². The van der Waals surface area contributed by atoms with E-state index in [0.717, 1.165) is 27.3 Å². The Morgan fingerprint density at radius 1 is 1.37 bits per heavy atom. The van der Waals surface area contributed by atoms with Crippen molar-refractivity contribution in [2.45, 2.75) is 19.1 Å². The Morgan fingerprint density at radius 2 is 2.21 bits per heavy atom. The van der Waals surface area contributed by atoms with Crippen LogP contribution in [0.5, 0.6) is 0 Å². The Kier molecular flexibility index (Phi) is 3.32. The first kappa shape index (κ1) is 12.7. The first-order chi connectivity index (χ1) is 9.19. The molecule has 0 aromatic carbocycles. The third-order valence-electron chi connectivity index (χ3n) is 2.63. The molecule has 0 aliphatic carbocycles. The van der Waals surface area contributed by atoms with Gasteiger partial charge in [-0.3, -0.25) is 4.40 Å². The number of halogens is 1. The van der Waals surface area contributed by atoms with Gasteiger partial charge >= 0.3 is 0 Å². The van der Waals surface area contributed by atoms with Crippen molar-refractivity contribution in [1.29, 1.82) is 0 Å². The molecule has 19 heavy (non-hydrogen) atoms. The molecule has 0 aliphatic rings. The molecule has 3 aromatic heterocycles. The number of imidazole rings is 1. The Labute approximate surface area is 122 Å². The molecule has 0 radical (unpaired) electrons. The highest BCUT2D eigenvalue weighted by atomic mass is 79.9. The fraction of sp³-hybridized carbons (Fsp3) is 0.250. The molecule has 0 atom stereocenters. The summed E-state index contributed by atoms with van der Waals surface area (Å²) < 4.78 is 8.59. The van der Waals surface area contributed by atoms with Crippen molar-refractivity contribution in [1.82, 2.24) is 19.6 Å². The molecular weight excluding hydrogens is 328 g/mol. The SMILES string of the molecule is CCSc1nnc(-c2c(C)nc3ccc(Br)cn23)o1. The van der Waals surface area contributed by atoms with Gasteiger partial charge in [-0.15, -0.1) is 10.2 Å². The summed E-state index contributed by atoms with van der Waals surface area (Å²) >= 11 is 4.99. The maximum atomic E-state index is 5.66. The van der Waals surface area contributed by atoms with Crippen LogP contribution in [0, 0.1) is 6.92 Å². The second-order valence-electron chi connectivity index (χ2n) is 3.93. The first-order valence-electron chi connectivity index (χ1n) is 5.80. The van der Waals surface area contributed by atoms with Crippen molar-refractivity contribution >= 4 is 33.3 Å². The lowest BCUT2D eigenvalue weighted by Gasteiger charge is -1.98. The standard InChI is InChI=1S/C12H11BrN4OS/c1-3-19-12-16-15-11(18-12)10-7(2)14-9-5-4-8(13)6-17(9)10/h4-6H,3H2,1-2H3. The zero-order valence-corrected chi connectivity index (χ0v) is 12.8. The highest BCUT2D eigenvalue weighted by molar-refractivity contribution is 9.10. The Bertz CT molecular complexity index is 736. The van der Waals surface area contributed by atoms with Gasteiger partial charge in [-0.05, 0) is 40.7 Å². The summed E-state index contributed by atoms with van der Waals surface area (Å²) in [6.07, 6.45) is 1.95. The van der Waals surface area contributed by atoms with Crippen molar-refractivity contribution in [3.8, 4) is 11.6 Å². The molecule has 0 bridgehead atoms. The summed E-state index contributed by atoms with van der Waals surface area (Å²) in [7, 11) is 0. The lowest BCUT2D eigenvalue weighted by molar-refractivity contribution is 0.464. The molecule has 7 heteroatoms. The molecule has 0 saturated heterocycles. The maximum absolute atomic E-state index is 5.66. The van der Waals surface area contributed by atoms with Gasteiger partial charge in [0.05, 0.1) is 5.69 Å². The summed E-state index contributed by atoms with van der Waals surface area (Å²) in [6, 6.07) is 3.90. The molecule has 3 heterocycles. The van der Waals surface area contributed by atoms with Gasteiger partial charge in [-0.25, -0.2) is 4.98 Å². The molecule has 0 N–H and O–H groups in total. The number of aryl methyl sites for hydroxylation is 1. The van der Waals surface area contributed by atoms with E-state index in [1.54, 1.807) is 0 Å². The van der Waals surface area contributed by atoms with E-state index < -0.39 is 0 Å². The van der Waals surface area contributed by atoms with Gasteiger partial charge in [0.1, 0.15) is 11.3 Å². The number of aromatic nitrogens is 4. The predicted molar refractivity (Wildman–Crippen MR) is 77.3 cm³/mol. The topological polar surface area (TPSA) is 56.2 Å². The fourth-order valence-electron chi connectivity index (χ4n) is 1.88. The van der Waals surface area contributed by atoms with E-state index >= 15 is 0 Å². The Balaban J connectivity index is 2.17. The van der Waals surface area contributed by atoms with Gasteiger partial charge < -0.3 is 4.42 Å². The van der Waals surface area contributed by atoms with Crippen LogP contribution < -0.4 is 0 Å². The van der Waals surface area contributed by atoms with E-state index in [1.807, 2.05) is 36.6 Å². The van der Waals surface area contributed by atoms with Gasteiger partial charge in [0.15, 0.2) is 0 Å². The molecule has 0 amide bonds. The third-order valence-corrected chi connectivity index (χ3v) is 3.80. The van der Waals surface area contributed by atoms with Crippen LogP contribution in [0.1, 0.15) is 12.6 Å². The van der Waals surface area contributed by atoms with Crippen molar-refractivity contribution in [2.24, 2.45) is 0 Å². The normalized spacial score (nSPS) is 11.3. The van der Waals surface area contributed by atoms with Crippen LogP contribution in [0.4, 0.5) is 0 Å². The average molecular weight is 339 g/mol. The zero-order chi connectivity index (χ0) is 13.4. The average Bonchev–Trinajstić information content (AvgIpc) is 2.93. The lowest BCUT2D eigenvalue weighted by Crippen LogP contribution is -1.89. The van der Waals surface area contributed by atoms with Crippen molar-refractivity contribution < 1.29 is 4.42 Å². The smallest absolute Gasteiger partial charge is 0.276 e. The molecule has 3 aromatic rings. The number of fused-ring (bicyclic) bond motifs is 1. The van der Waals surface area contributed by atoms with E-state index in [9.17, 15) is 0 Å². The molecule has 3 rings (SSSR count). The minimum Gasteiger partial charge on any atom is -0.410 e. The van der Waals surface area contributed by atoms with Gasteiger partial charge in [-0.1, -0.05) is 18.7 Å². The maximum Gasteiger partial charge on any atom is 0.276 e. The first-order valence-corrected chi connectivity index (χ1v) is 7.57. The molecule has 0 saturated carbocycles. The van der Waals surface area contributed by atoms with Crippen LogP contribution in [-0.4, -0.2) is 25.3 Å². The second kappa shape index (κ2) is 4.97. The Morgan fingerprint density at radius 3 is 3.00 bits per heavy atom. The zero-order valence-electron chi connectivity index (χ0n) is 10.4. The molecular formula is C12H11BrN4OS. The van der Waals surface area contributed by atoms with Crippen LogP contribution in [0.25, 0.3) is 17.2 Å². The molecule has 98 valence electrons. The van der Waals surface area contributed by atoms with Gasteiger partial charge in [0.25, 0.3) is 11.1 Å². The van der Waals surface area contributed by atoms with E-state index in [1.165, 1.54) is 11.8 Å². The molecule has 0 aliphatic heterocycles. The van der Waals surface area contributed by atoms with Crippen LogP contribution in [-0.2, 0) is 0 Å². The van der Waals surface area contributed by atoms with E-state index in [0.29, 0.717) is 11.1 Å². The van der Waals surface area contributed by atoms with Crippen molar-refractivity contribution in [3.63, 3.8) is 0 Å². The number of rotatable bonds is 3.